The molecule has 0 bridgehead atoms. The van der Waals surface area contributed by atoms with E-state index in [0.717, 1.165) is 27.7 Å². The number of carbonyl (C=O) groups is 2. The molecule has 0 radical (unpaired) electrons. The van der Waals surface area contributed by atoms with Crippen molar-refractivity contribution in [2.75, 3.05) is 10.6 Å². The van der Waals surface area contributed by atoms with E-state index in [4.69, 9.17) is 0 Å². The summed E-state index contributed by atoms with van der Waals surface area (Å²) in [5.41, 5.74) is 3.52. The van der Waals surface area contributed by atoms with Gasteiger partial charge in [0, 0.05) is 17.3 Å². The fourth-order valence-electron chi connectivity index (χ4n) is 3.31. The molecule has 0 atom stereocenters. The molecule has 0 spiro atoms. The van der Waals surface area contributed by atoms with E-state index in [2.05, 4.69) is 15.6 Å². The second kappa shape index (κ2) is 5.95. The maximum atomic E-state index is 12.5. The molecular formula is C21H19N3O2. The molecule has 1 aromatic heterocycles. The summed E-state index contributed by atoms with van der Waals surface area (Å²) >= 11 is 0. The number of amides is 2. The standard InChI is InChI=1S/C21H19N3O2/c1-21(2)15-11-13(8-9-16(15)24-20(21)26)12-18(25)23-17-7-3-5-14-6-4-10-22-19(14)17/h3-11H,12H2,1-2H3,(H,23,25)(H,24,26). The van der Waals surface area contributed by atoms with Crippen LogP contribution in [0.3, 0.4) is 0 Å². The van der Waals surface area contributed by atoms with Crippen LogP contribution in [0.25, 0.3) is 10.9 Å². The second-order valence-corrected chi connectivity index (χ2v) is 7.06. The maximum Gasteiger partial charge on any atom is 0.234 e. The number of carbonyl (C=O) groups excluding carboxylic acids is 2. The lowest BCUT2D eigenvalue weighted by molar-refractivity contribution is -0.119. The molecule has 0 unspecified atom stereocenters. The molecule has 0 saturated heterocycles. The minimum atomic E-state index is -0.582. The van der Waals surface area contributed by atoms with E-state index in [0.29, 0.717) is 5.69 Å². The average molecular weight is 345 g/mol. The van der Waals surface area contributed by atoms with Crippen molar-refractivity contribution in [3.63, 3.8) is 0 Å². The van der Waals surface area contributed by atoms with Crippen molar-refractivity contribution in [2.45, 2.75) is 25.7 Å². The van der Waals surface area contributed by atoms with Gasteiger partial charge in [-0.3, -0.25) is 14.6 Å². The van der Waals surface area contributed by atoms with Crippen LogP contribution in [0.5, 0.6) is 0 Å². The second-order valence-electron chi connectivity index (χ2n) is 7.06. The Bertz CT molecular complexity index is 1040. The number of fused-ring (bicyclic) bond motifs is 2. The summed E-state index contributed by atoms with van der Waals surface area (Å²) in [6.07, 6.45) is 1.95. The molecule has 1 aliphatic heterocycles. The summed E-state index contributed by atoms with van der Waals surface area (Å²) in [5, 5.41) is 6.81. The van der Waals surface area contributed by atoms with Crippen molar-refractivity contribution in [1.82, 2.24) is 4.98 Å². The molecule has 0 fully saturated rings. The summed E-state index contributed by atoms with van der Waals surface area (Å²) in [6.45, 7) is 3.78. The smallest absolute Gasteiger partial charge is 0.234 e. The minimum absolute atomic E-state index is 0.0177. The van der Waals surface area contributed by atoms with Gasteiger partial charge >= 0.3 is 0 Å². The van der Waals surface area contributed by atoms with Crippen molar-refractivity contribution in [3.8, 4) is 0 Å². The molecule has 2 heterocycles. The molecule has 26 heavy (non-hydrogen) atoms. The van der Waals surface area contributed by atoms with Gasteiger partial charge in [-0.05, 0) is 43.2 Å². The summed E-state index contributed by atoms with van der Waals surface area (Å²) < 4.78 is 0. The third kappa shape index (κ3) is 2.71. The SMILES string of the molecule is CC1(C)C(=O)Nc2ccc(CC(=O)Nc3cccc4cccnc34)cc21. The van der Waals surface area contributed by atoms with E-state index < -0.39 is 5.41 Å². The first-order valence-electron chi connectivity index (χ1n) is 8.53. The van der Waals surface area contributed by atoms with Crippen LogP contribution < -0.4 is 10.6 Å². The summed E-state index contributed by atoms with van der Waals surface area (Å²) in [6, 6.07) is 15.2. The van der Waals surface area contributed by atoms with E-state index in [9.17, 15) is 9.59 Å². The Hall–Kier alpha value is -3.21. The fourth-order valence-corrected chi connectivity index (χ4v) is 3.31. The van der Waals surface area contributed by atoms with Crippen LogP contribution in [-0.4, -0.2) is 16.8 Å². The van der Waals surface area contributed by atoms with Gasteiger partial charge in [-0.2, -0.15) is 0 Å². The third-order valence-electron chi connectivity index (χ3n) is 4.84. The van der Waals surface area contributed by atoms with Gasteiger partial charge in [-0.25, -0.2) is 0 Å². The van der Waals surface area contributed by atoms with Crippen LogP contribution >= 0.6 is 0 Å². The Balaban J connectivity index is 1.56. The molecule has 5 nitrogen and oxygen atoms in total. The number of aromatic nitrogens is 1. The lowest BCUT2D eigenvalue weighted by atomic mass is 9.85. The van der Waals surface area contributed by atoms with E-state index >= 15 is 0 Å². The Morgan fingerprint density at radius 1 is 1.15 bits per heavy atom. The number of nitrogens with one attached hydrogen (secondary N) is 2. The van der Waals surface area contributed by atoms with Crippen molar-refractivity contribution in [3.05, 3.63) is 65.9 Å². The van der Waals surface area contributed by atoms with Crippen molar-refractivity contribution >= 4 is 34.1 Å². The van der Waals surface area contributed by atoms with Gasteiger partial charge < -0.3 is 10.6 Å². The highest BCUT2D eigenvalue weighted by atomic mass is 16.2. The highest BCUT2D eigenvalue weighted by molar-refractivity contribution is 6.06. The zero-order valence-electron chi connectivity index (χ0n) is 14.7. The van der Waals surface area contributed by atoms with Crippen LogP contribution in [0.1, 0.15) is 25.0 Å². The number of benzene rings is 2. The number of anilines is 2. The lowest BCUT2D eigenvalue weighted by Crippen LogP contribution is -2.27. The quantitative estimate of drug-likeness (QED) is 0.761. The largest absolute Gasteiger partial charge is 0.325 e. The van der Waals surface area contributed by atoms with E-state index in [1.807, 2.05) is 62.4 Å². The maximum absolute atomic E-state index is 12.5. The van der Waals surface area contributed by atoms with Crippen molar-refractivity contribution < 1.29 is 9.59 Å². The van der Waals surface area contributed by atoms with Gasteiger partial charge in [0.15, 0.2) is 0 Å². The number of nitrogens with zero attached hydrogens (tertiary/aromatic N) is 1. The van der Waals surface area contributed by atoms with Gasteiger partial charge in [-0.15, -0.1) is 0 Å². The van der Waals surface area contributed by atoms with Crippen LogP contribution in [0, 0.1) is 0 Å². The Kier molecular flexibility index (Phi) is 3.72. The number of hydrogen-bond acceptors (Lipinski definition) is 3. The minimum Gasteiger partial charge on any atom is -0.325 e. The van der Waals surface area contributed by atoms with Crippen LogP contribution in [0.4, 0.5) is 11.4 Å². The normalized spacial score (nSPS) is 14.8. The zero-order chi connectivity index (χ0) is 18.3. The number of para-hydroxylation sites is 1. The molecule has 1 aliphatic rings. The molecule has 3 aromatic rings. The van der Waals surface area contributed by atoms with Crippen LogP contribution in [-0.2, 0) is 21.4 Å². The van der Waals surface area contributed by atoms with Gasteiger partial charge in [-0.1, -0.05) is 30.3 Å². The summed E-state index contributed by atoms with van der Waals surface area (Å²) in [4.78, 5) is 28.9. The van der Waals surface area contributed by atoms with Crippen LogP contribution in [0.15, 0.2) is 54.7 Å². The number of rotatable bonds is 3. The monoisotopic (exact) mass is 345 g/mol. The summed E-state index contributed by atoms with van der Waals surface area (Å²) in [5.74, 6) is -0.130. The van der Waals surface area contributed by atoms with Crippen LogP contribution in [0.2, 0.25) is 0 Å². The van der Waals surface area contributed by atoms with E-state index in [1.54, 1.807) is 6.20 Å². The molecular weight excluding hydrogens is 326 g/mol. The van der Waals surface area contributed by atoms with Crippen molar-refractivity contribution in [1.29, 1.82) is 0 Å². The average Bonchev–Trinajstić information content (AvgIpc) is 2.85. The first-order valence-corrected chi connectivity index (χ1v) is 8.53. The first kappa shape index (κ1) is 16.3. The highest BCUT2D eigenvalue weighted by Crippen LogP contribution is 2.37. The molecule has 2 aromatic carbocycles. The molecule has 130 valence electrons. The number of hydrogen-bond donors (Lipinski definition) is 2. The van der Waals surface area contributed by atoms with Gasteiger partial charge in [0.25, 0.3) is 0 Å². The van der Waals surface area contributed by atoms with Crippen molar-refractivity contribution in [2.24, 2.45) is 0 Å². The molecule has 2 N–H and O–H groups in total. The summed E-state index contributed by atoms with van der Waals surface area (Å²) in [7, 11) is 0. The Morgan fingerprint density at radius 3 is 2.81 bits per heavy atom. The van der Waals surface area contributed by atoms with Gasteiger partial charge in [0.05, 0.1) is 23.0 Å². The molecule has 0 aliphatic carbocycles. The predicted molar refractivity (Wildman–Crippen MR) is 102 cm³/mol. The fraction of sp³-hybridized carbons (Fsp3) is 0.190. The Labute approximate surface area is 151 Å². The lowest BCUT2D eigenvalue weighted by Gasteiger charge is -2.16. The first-order chi connectivity index (χ1) is 12.4. The topological polar surface area (TPSA) is 71.1 Å². The zero-order valence-corrected chi connectivity index (χ0v) is 14.7. The van der Waals surface area contributed by atoms with E-state index in [-0.39, 0.29) is 18.2 Å². The molecule has 4 rings (SSSR count). The molecule has 0 saturated carbocycles. The predicted octanol–water partition coefficient (Wildman–Crippen LogP) is 3.65. The highest BCUT2D eigenvalue weighted by Gasteiger charge is 2.38. The molecule has 5 heteroatoms. The van der Waals surface area contributed by atoms with E-state index in [1.165, 1.54) is 0 Å². The third-order valence-corrected chi connectivity index (χ3v) is 4.84. The number of pyridine rings is 1. The Morgan fingerprint density at radius 2 is 1.96 bits per heavy atom. The molecule has 2 amide bonds. The van der Waals surface area contributed by atoms with Gasteiger partial charge in [0.1, 0.15) is 0 Å². The van der Waals surface area contributed by atoms with Gasteiger partial charge in [0.2, 0.25) is 11.8 Å².